The van der Waals surface area contributed by atoms with Crippen LogP contribution in [0.5, 0.6) is 0 Å². The van der Waals surface area contributed by atoms with E-state index in [0.29, 0.717) is 12.8 Å². The molecule has 0 aliphatic carbocycles. The number of carboxylic acid groups (broad SMARTS) is 2. The molecule has 0 amide bonds. The molecular formula is C19H26O8. The van der Waals surface area contributed by atoms with E-state index in [1.165, 1.54) is 0 Å². The first kappa shape index (κ1) is 24.1. The van der Waals surface area contributed by atoms with E-state index in [1.54, 1.807) is 6.92 Å². The Hall–Kier alpha value is -2.90. The average molecular weight is 382 g/mol. The Morgan fingerprint density at radius 3 is 2.00 bits per heavy atom. The minimum Gasteiger partial charge on any atom is -0.481 e. The highest BCUT2D eigenvalue weighted by Gasteiger charge is 2.16. The van der Waals surface area contributed by atoms with Crippen LogP contribution in [0.3, 0.4) is 0 Å². The summed E-state index contributed by atoms with van der Waals surface area (Å²) in [6, 6.07) is 0. The fourth-order valence-electron chi connectivity index (χ4n) is 1.82. The predicted molar refractivity (Wildman–Crippen MR) is 96.9 cm³/mol. The number of carboxylic acids is 2. The Bertz CT molecular complexity index is 617. The smallest absolute Gasteiger partial charge is 0.333 e. The van der Waals surface area contributed by atoms with E-state index in [-0.39, 0.29) is 49.0 Å². The molecule has 0 heterocycles. The van der Waals surface area contributed by atoms with Crippen LogP contribution in [0.15, 0.2) is 36.5 Å². The summed E-state index contributed by atoms with van der Waals surface area (Å²) in [5, 5.41) is 17.2. The van der Waals surface area contributed by atoms with Gasteiger partial charge in [-0.1, -0.05) is 19.7 Å². The summed E-state index contributed by atoms with van der Waals surface area (Å²) in [4.78, 5) is 44.6. The lowest BCUT2D eigenvalue weighted by atomic mass is 10.1. The molecule has 0 saturated heterocycles. The third-order valence-corrected chi connectivity index (χ3v) is 3.54. The quantitative estimate of drug-likeness (QED) is 0.267. The van der Waals surface area contributed by atoms with Crippen molar-refractivity contribution in [3.63, 3.8) is 0 Å². The first-order valence-electron chi connectivity index (χ1n) is 8.41. The Labute approximate surface area is 158 Å². The summed E-state index contributed by atoms with van der Waals surface area (Å²) in [5.41, 5.74) is 0.329. The van der Waals surface area contributed by atoms with Gasteiger partial charge in [0.1, 0.15) is 0 Å². The molecule has 0 spiro atoms. The van der Waals surface area contributed by atoms with E-state index in [4.69, 9.17) is 19.7 Å². The largest absolute Gasteiger partial charge is 0.481 e. The van der Waals surface area contributed by atoms with E-state index >= 15 is 0 Å². The van der Waals surface area contributed by atoms with Gasteiger partial charge in [-0.25, -0.2) is 14.4 Å². The zero-order valence-electron chi connectivity index (χ0n) is 15.5. The van der Waals surface area contributed by atoms with Gasteiger partial charge in [0.05, 0.1) is 12.7 Å². The van der Waals surface area contributed by atoms with Gasteiger partial charge < -0.3 is 19.7 Å². The van der Waals surface area contributed by atoms with Crippen molar-refractivity contribution in [3.05, 3.63) is 36.5 Å². The first-order chi connectivity index (χ1) is 12.5. The Morgan fingerprint density at radius 2 is 1.44 bits per heavy atom. The molecule has 0 aromatic carbocycles. The maximum absolute atomic E-state index is 11.8. The van der Waals surface area contributed by atoms with E-state index in [9.17, 15) is 19.2 Å². The number of rotatable bonds is 14. The summed E-state index contributed by atoms with van der Waals surface area (Å²) in [5.74, 6) is -3.38. The van der Waals surface area contributed by atoms with Crippen LogP contribution in [0.4, 0.5) is 0 Å². The molecule has 0 aromatic heterocycles. The molecule has 0 saturated carbocycles. The monoisotopic (exact) mass is 382 g/mol. The van der Waals surface area contributed by atoms with Crippen molar-refractivity contribution in [1.29, 1.82) is 0 Å². The molecule has 0 aliphatic rings. The molecule has 1 unspecified atom stereocenters. The molecule has 8 heteroatoms. The summed E-state index contributed by atoms with van der Waals surface area (Å²) in [7, 11) is 0. The second-order valence-corrected chi connectivity index (χ2v) is 6.00. The zero-order valence-corrected chi connectivity index (χ0v) is 15.5. The number of hydrogen-bond acceptors (Lipinski definition) is 6. The van der Waals surface area contributed by atoms with Crippen molar-refractivity contribution in [2.45, 2.75) is 51.6 Å². The lowest BCUT2D eigenvalue weighted by Gasteiger charge is -2.14. The molecule has 8 nitrogen and oxygen atoms in total. The third kappa shape index (κ3) is 11.4. The molecule has 2 N–H and O–H groups in total. The second kappa shape index (κ2) is 12.5. The van der Waals surface area contributed by atoms with Gasteiger partial charge in [-0.2, -0.15) is 0 Å². The minimum atomic E-state index is -1.08. The summed E-state index contributed by atoms with van der Waals surface area (Å²) in [6.45, 7) is 12.2. The molecule has 0 radical (unpaired) electrons. The van der Waals surface area contributed by atoms with E-state index in [0.717, 1.165) is 0 Å². The van der Waals surface area contributed by atoms with Crippen LogP contribution in [0.2, 0.25) is 0 Å². The lowest BCUT2D eigenvalue weighted by molar-refractivity contribution is -0.144. The van der Waals surface area contributed by atoms with Gasteiger partial charge in [0.25, 0.3) is 0 Å². The van der Waals surface area contributed by atoms with Crippen LogP contribution in [-0.4, -0.2) is 46.8 Å². The van der Waals surface area contributed by atoms with Gasteiger partial charge in [-0.15, -0.1) is 0 Å². The normalized spacial score (nSPS) is 11.1. The van der Waals surface area contributed by atoms with Crippen molar-refractivity contribution < 1.29 is 38.9 Å². The number of carbonyl (C=O) groups excluding carboxylic acids is 2. The van der Waals surface area contributed by atoms with Crippen LogP contribution >= 0.6 is 0 Å². The zero-order chi connectivity index (χ0) is 21.0. The number of ether oxygens (including phenoxy) is 2. The van der Waals surface area contributed by atoms with Gasteiger partial charge in [0.15, 0.2) is 0 Å². The Kier molecular flexibility index (Phi) is 11.1. The van der Waals surface area contributed by atoms with Gasteiger partial charge in [-0.05, 0) is 39.0 Å². The number of carbonyl (C=O) groups is 4. The topological polar surface area (TPSA) is 127 Å². The van der Waals surface area contributed by atoms with E-state index in [2.05, 4.69) is 19.7 Å². The number of hydrogen-bond donors (Lipinski definition) is 2. The number of esters is 2. The van der Waals surface area contributed by atoms with Gasteiger partial charge >= 0.3 is 23.9 Å². The van der Waals surface area contributed by atoms with Gasteiger partial charge in [0.2, 0.25) is 0 Å². The molecule has 0 aliphatic heterocycles. The van der Waals surface area contributed by atoms with Gasteiger partial charge in [0, 0.05) is 23.1 Å². The highest BCUT2D eigenvalue weighted by Crippen LogP contribution is 2.13. The van der Waals surface area contributed by atoms with Crippen molar-refractivity contribution in [3.8, 4) is 0 Å². The molecule has 0 bridgehead atoms. The van der Waals surface area contributed by atoms with Crippen molar-refractivity contribution in [2.75, 3.05) is 6.61 Å². The van der Waals surface area contributed by atoms with Crippen molar-refractivity contribution in [1.82, 2.24) is 0 Å². The highest BCUT2D eigenvalue weighted by molar-refractivity contribution is 5.89. The SMILES string of the molecule is C=C(CCCOC(=O)C(=C)CCC(C)OC(=O)C(=C)CCC(=O)O)C(=O)O. The Balaban J connectivity index is 4.07. The molecule has 150 valence electrons. The van der Waals surface area contributed by atoms with Crippen molar-refractivity contribution >= 4 is 23.9 Å². The van der Waals surface area contributed by atoms with E-state index in [1.807, 2.05) is 0 Å². The molecular weight excluding hydrogens is 356 g/mol. The maximum atomic E-state index is 11.8. The maximum Gasteiger partial charge on any atom is 0.333 e. The van der Waals surface area contributed by atoms with Crippen LogP contribution in [-0.2, 0) is 28.7 Å². The molecule has 0 fully saturated rings. The average Bonchev–Trinajstić information content (AvgIpc) is 2.60. The van der Waals surface area contributed by atoms with Crippen LogP contribution < -0.4 is 0 Å². The minimum absolute atomic E-state index is 0.00816. The lowest BCUT2D eigenvalue weighted by Crippen LogP contribution is -2.18. The fraction of sp³-hybridized carbons (Fsp3) is 0.474. The molecule has 0 rings (SSSR count). The Morgan fingerprint density at radius 1 is 0.852 bits per heavy atom. The highest BCUT2D eigenvalue weighted by atomic mass is 16.5. The first-order valence-corrected chi connectivity index (χ1v) is 8.41. The predicted octanol–water partition coefficient (Wildman–Crippen LogP) is 2.64. The van der Waals surface area contributed by atoms with E-state index < -0.39 is 30.0 Å². The van der Waals surface area contributed by atoms with Crippen LogP contribution in [0.1, 0.15) is 45.4 Å². The molecule has 0 aromatic rings. The second-order valence-electron chi connectivity index (χ2n) is 6.00. The summed E-state index contributed by atoms with van der Waals surface area (Å²) in [6.07, 6.45) is 0.435. The molecule has 27 heavy (non-hydrogen) atoms. The summed E-state index contributed by atoms with van der Waals surface area (Å²) < 4.78 is 10.1. The number of aliphatic carboxylic acids is 2. The fourth-order valence-corrected chi connectivity index (χ4v) is 1.82. The standard InChI is InChI=1S/C19H26O8/c1-12(17(22)23)6-5-11-26-18(24)13(2)7-9-15(4)27-19(25)14(3)8-10-16(20)21/h15H,1-3,5-11H2,4H3,(H,20,21)(H,22,23). The third-order valence-electron chi connectivity index (χ3n) is 3.54. The van der Waals surface area contributed by atoms with Crippen molar-refractivity contribution in [2.24, 2.45) is 0 Å². The van der Waals surface area contributed by atoms with Crippen LogP contribution in [0.25, 0.3) is 0 Å². The van der Waals surface area contributed by atoms with Crippen LogP contribution in [0, 0.1) is 0 Å². The molecule has 1 atom stereocenters. The summed E-state index contributed by atoms with van der Waals surface area (Å²) >= 11 is 0. The van der Waals surface area contributed by atoms with Gasteiger partial charge in [-0.3, -0.25) is 4.79 Å².